The van der Waals surface area contributed by atoms with Gasteiger partial charge in [-0.2, -0.15) is 0 Å². The summed E-state index contributed by atoms with van der Waals surface area (Å²) < 4.78 is 5.57. The summed E-state index contributed by atoms with van der Waals surface area (Å²) in [5.74, 6) is -0.378. The van der Waals surface area contributed by atoms with Crippen molar-refractivity contribution in [1.82, 2.24) is 5.32 Å². The molecular formula is C17H17NO4. The van der Waals surface area contributed by atoms with Gasteiger partial charge in [-0.3, -0.25) is 9.59 Å². The fourth-order valence-corrected chi connectivity index (χ4v) is 2.71. The van der Waals surface area contributed by atoms with Gasteiger partial charge in [0, 0.05) is 18.9 Å². The molecule has 1 amide bonds. The molecule has 3 unspecified atom stereocenters. The fourth-order valence-electron chi connectivity index (χ4n) is 2.71. The Morgan fingerprint density at radius 2 is 2.14 bits per heavy atom. The second-order valence-corrected chi connectivity index (χ2v) is 5.57. The van der Waals surface area contributed by atoms with Crippen LogP contribution in [-0.2, 0) is 14.3 Å². The molecule has 3 atom stereocenters. The van der Waals surface area contributed by atoms with Crippen LogP contribution in [0.1, 0.15) is 18.4 Å². The lowest BCUT2D eigenvalue weighted by atomic mass is 9.87. The van der Waals surface area contributed by atoms with Gasteiger partial charge in [-0.15, -0.1) is 0 Å². The highest BCUT2D eigenvalue weighted by Gasteiger charge is 2.48. The van der Waals surface area contributed by atoms with Gasteiger partial charge in [0.2, 0.25) is 5.91 Å². The van der Waals surface area contributed by atoms with E-state index in [2.05, 4.69) is 5.32 Å². The van der Waals surface area contributed by atoms with Gasteiger partial charge in [-0.05, 0) is 23.8 Å². The summed E-state index contributed by atoms with van der Waals surface area (Å²) in [6.07, 6.45) is 5.16. The van der Waals surface area contributed by atoms with Crippen LogP contribution < -0.4 is 5.32 Å². The van der Waals surface area contributed by atoms with Gasteiger partial charge < -0.3 is 15.2 Å². The summed E-state index contributed by atoms with van der Waals surface area (Å²) in [5.41, 5.74) is -0.250. The number of amides is 1. The maximum absolute atomic E-state index is 11.9. The van der Waals surface area contributed by atoms with E-state index in [0.29, 0.717) is 0 Å². The van der Waals surface area contributed by atoms with E-state index in [1.165, 1.54) is 18.2 Å². The maximum Gasteiger partial charge on any atom is 0.245 e. The number of hydrogen-bond acceptors (Lipinski definition) is 4. The lowest BCUT2D eigenvalue weighted by molar-refractivity contribution is -0.124. The third-order valence-electron chi connectivity index (χ3n) is 3.87. The molecule has 0 spiro atoms. The third kappa shape index (κ3) is 3.16. The standard InChI is InChI=1S/C17H17NO4/c19-13-8-9-17(21)11-16(22-14(17)10-13)18-15(20)7-6-12-4-2-1-3-5-12/h1-9,14,16,21H,10-11H2,(H,18,20). The van der Waals surface area contributed by atoms with Gasteiger partial charge in [-0.1, -0.05) is 30.3 Å². The van der Waals surface area contributed by atoms with Gasteiger partial charge in [0.05, 0.1) is 6.10 Å². The number of ketones is 1. The van der Waals surface area contributed by atoms with E-state index in [1.54, 1.807) is 6.08 Å². The summed E-state index contributed by atoms with van der Waals surface area (Å²) in [6.45, 7) is 0. The fraction of sp³-hybridized carbons (Fsp3) is 0.294. The molecule has 5 heteroatoms. The Balaban J connectivity index is 1.59. The summed E-state index contributed by atoms with van der Waals surface area (Å²) in [7, 11) is 0. The maximum atomic E-state index is 11.9. The van der Waals surface area contributed by atoms with Crippen molar-refractivity contribution in [2.24, 2.45) is 0 Å². The van der Waals surface area contributed by atoms with Crippen molar-refractivity contribution in [3.05, 3.63) is 54.1 Å². The number of carbonyl (C=O) groups is 2. The largest absolute Gasteiger partial charge is 0.383 e. The second-order valence-electron chi connectivity index (χ2n) is 5.57. The van der Waals surface area contributed by atoms with Gasteiger partial charge in [0.15, 0.2) is 5.78 Å². The molecule has 1 aromatic carbocycles. The number of fused-ring (bicyclic) bond motifs is 1. The summed E-state index contributed by atoms with van der Waals surface area (Å²) in [6, 6.07) is 9.47. The molecule has 22 heavy (non-hydrogen) atoms. The molecule has 0 saturated carbocycles. The lowest BCUT2D eigenvalue weighted by Gasteiger charge is -2.26. The van der Waals surface area contributed by atoms with Crippen molar-refractivity contribution in [2.75, 3.05) is 0 Å². The molecule has 0 bridgehead atoms. The first kappa shape index (κ1) is 14.7. The van der Waals surface area contributed by atoms with Crippen LogP contribution in [0.5, 0.6) is 0 Å². The first-order valence-electron chi connectivity index (χ1n) is 7.19. The quantitative estimate of drug-likeness (QED) is 0.822. The smallest absolute Gasteiger partial charge is 0.245 e. The number of ether oxygens (including phenoxy) is 1. The van der Waals surface area contributed by atoms with Crippen molar-refractivity contribution in [3.63, 3.8) is 0 Å². The van der Waals surface area contributed by atoms with Gasteiger partial charge >= 0.3 is 0 Å². The number of aliphatic hydroxyl groups is 1. The van der Waals surface area contributed by atoms with Crippen molar-refractivity contribution >= 4 is 17.8 Å². The second kappa shape index (κ2) is 5.87. The van der Waals surface area contributed by atoms with Crippen LogP contribution >= 0.6 is 0 Å². The first-order valence-corrected chi connectivity index (χ1v) is 7.19. The van der Waals surface area contributed by atoms with Crippen molar-refractivity contribution in [3.8, 4) is 0 Å². The van der Waals surface area contributed by atoms with Gasteiger partial charge in [0.1, 0.15) is 11.8 Å². The van der Waals surface area contributed by atoms with Gasteiger partial charge in [0.25, 0.3) is 0 Å². The molecule has 1 fully saturated rings. The van der Waals surface area contributed by atoms with E-state index in [4.69, 9.17) is 4.74 Å². The van der Waals surface area contributed by atoms with Crippen LogP contribution in [0.2, 0.25) is 0 Å². The average Bonchev–Trinajstić information content (AvgIpc) is 2.82. The Bertz CT molecular complexity index is 637. The number of benzene rings is 1. The predicted molar refractivity (Wildman–Crippen MR) is 80.6 cm³/mol. The van der Waals surface area contributed by atoms with E-state index in [0.717, 1.165) is 5.56 Å². The van der Waals surface area contributed by atoms with Crippen molar-refractivity contribution in [1.29, 1.82) is 0 Å². The SMILES string of the molecule is O=C1C=CC2(O)CC(NC(=O)C=Cc3ccccc3)OC2C1. The minimum atomic E-state index is -1.17. The molecule has 1 aliphatic carbocycles. The van der Waals surface area contributed by atoms with Crippen LogP contribution in [0.3, 0.4) is 0 Å². The molecule has 1 heterocycles. The summed E-state index contributed by atoms with van der Waals surface area (Å²) in [4.78, 5) is 23.3. The number of allylic oxidation sites excluding steroid dienone is 1. The minimum absolute atomic E-state index is 0.0781. The van der Waals surface area contributed by atoms with E-state index in [1.807, 2.05) is 30.3 Å². The zero-order valence-corrected chi connectivity index (χ0v) is 11.9. The molecule has 1 aromatic rings. The van der Waals surface area contributed by atoms with E-state index in [9.17, 15) is 14.7 Å². The molecular weight excluding hydrogens is 282 g/mol. The molecule has 0 aromatic heterocycles. The lowest BCUT2D eigenvalue weighted by Crippen LogP contribution is -2.40. The predicted octanol–water partition coefficient (Wildman–Crippen LogP) is 1.19. The topological polar surface area (TPSA) is 75.6 Å². The number of rotatable bonds is 3. The molecule has 3 rings (SSSR count). The van der Waals surface area contributed by atoms with E-state index < -0.39 is 17.9 Å². The zero-order valence-electron chi connectivity index (χ0n) is 11.9. The van der Waals surface area contributed by atoms with Crippen molar-refractivity contribution in [2.45, 2.75) is 30.8 Å². The molecule has 5 nitrogen and oxygen atoms in total. The van der Waals surface area contributed by atoms with Crippen LogP contribution in [0, 0.1) is 0 Å². The highest BCUT2D eigenvalue weighted by molar-refractivity contribution is 5.92. The van der Waals surface area contributed by atoms with Crippen LogP contribution in [0.25, 0.3) is 6.08 Å². The van der Waals surface area contributed by atoms with Crippen LogP contribution in [0.4, 0.5) is 0 Å². The first-order chi connectivity index (χ1) is 10.5. The third-order valence-corrected chi connectivity index (χ3v) is 3.87. The van der Waals surface area contributed by atoms with Gasteiger partial charge in [-0.25, -0.2) is 0 Å². The Labute approximate surface area is 128 Å². The summed E-state index contributed by atoms with van der Waals surface area (Å²) in [5, 5.41) is 13.1. The highest BCUT2D eigenvalue weighted by Crippen LogP contribution is 2.35. The summed E-state index contributed by atoms with van der Waals surface area (Å²) >= 11 is 0. The van der Waals surface area contributed by atoms with Crippen LogP contribution in [-0.4, -0.2) is 34.7 Å². The molecule has 1 saturated heterocycles. The molecule has 1 aliphatic heterocycles. The van der Waals surface area contributed by atoms with Crippen LogP contribution in [0.15, 0.2) is 48.6 Å². The Hall–Kier alpha value is -2.24. The minimum Gasteiger partial charge on any atom is -0.383 e. The highest BCUT2D eigenvalue weighted by atomic mass is 16.5. The average molecular weight is 299 g/mol. The van der Waals surface area contributed by atoms with Crippen molar-refractivity contribution < 1.29 is 19.4 Å². The number of nitrogens with one attached hydrogen (secondary N) is 1. The molecule has 114 valence electrons. The molecule has 2 aliphatic rings. The Kier molecular flexibility index (Phi) is 3.92. The molecule has 2 N–H and O–H groups in total. The Morgan fingerprint density at radius 1 is 1.36 bits per heavy atom. The Morgan fingerprint density at radius 3 is 2.91 bits per heavy atom. The number of hydrogen-bond donors (Lipinski definition) is 2. The number of carbonyl (C=O) groups excluding carboxylic acids is 2. The monoisotopic (exact) mass is 299 g/mol. The van der Waals surface area contributed by atoms with E-state index >= 15 is 0 Å². The van der Waals surface area contributed by atoms with E-state index in [-0.39, 0.29) is 24.5 Å². The normalized spacial score (nSPS) is 30.5. The zero-order chi connectivity index (χ0) is 15.6. The molecule has 0 radical (unpaired) electrons.